The average Bonchev–Trinajstić information content (AvgIpc) is 2.70. The van der Waals surface area contributed by atoms with E-state index in [1.807, 2.05) is 49.6 Å². The quantitative estimate of drug-likeness (QED) is 0.901. The summed E-state index contributed by atoms with van der Waals surface area (Å²) in [4.78, 5) is 16.0. The van der Waals surface area contributed by atoms with Gasteiger partial charge in [-0.3, -0.25) is 0 Å². The molecule has 4 heteroatoms. The van der Waals surface area contributed by atoms with Crippen LogP contribution in [0.1, 0.15) is 45.0 Å². The van der Waals surface area contributed by atoms with Gasteiger partial charge >= 0.3 is 5.97 Å². The predicted molar refractivity (Wildman–Crippen MR) is 70.8 cm³/mol. The van der Waals surface area contributed by atoms with Crippen molar-refractivity contribution >= 4 is 17.0 Å². The number of hydrogen-bond acceptors (Lipinski definition) is 2. The second-order valence-electron chi connectivity index (χ2n) is 4.75. The molecule has 96 valence electrons. The van der Waals surface area contributed by atoms with Gasteiger partial charge in [-0.25, -0.2) is 9.78 Å². The van der Waals surface area contributed by atoms with Crippen molar-refractivity contribution < 1.29 is 9.90 Å². The lowest BCUT2D eigenvalue weighted by Gasteiger charge is -2.17. The van der Waals surface area contributed by atoms with Gasteiger partial charge in [-0.1, -0.05) is 32.9 Å². The molecule has 0 aliphatic carbocycles. The molecule has 0 aliphatic heterocycles. The maximum atomic E-state index is 11.4. The molecule has 2 rings (SSSR count). The zero-order chi connectivity index (χ0) is 13.3. The van der Waals surface area contributed by atoms with Crippen molar-refractivity contribution in [3.05, 3.63) is 30.1 Å². The molecular formula is C14H18N2O2. The van der Waals surface area contributed by atoms with Crippen molar-refractivity contribution in [3.63, 3.8) is 0 Å². The third kappa shape index (κ3) is 1.98. The van der Waals surface area contributed by atoms with Crippen molar-refractivity contribution in [2.45, 2.75) is 39.2 Å². The van der Waals surface area contributed by atoms with Gasteiger partial charge in [0.2, 0.25) is 0 Å². The van der Waals surface area contributed by atoms with Crippen LogP contribution in [-0.4, -0.2) is 20.6 Å². The lowest BCUT2D eigenvalue weighted by atomic mass is 10.1. The molecule has 18 heavy (non-hydrogen) atoms. The minimum atomic E-state index is -0.803. The van der Waals surface area contributed by atoms with Crippen LogP contribution >= 0.6 is 0 Å². The van der Waals surface area contributed by atoms with E-state index >= 15 is 0 Å². The molecule has 1 N–H and O–H groups in total. The summed E-state index contributed by atoms with van der Waals surface area (Å²) in [6.07, 6.45) is 0.551. The highest BCUT2D eigenvalue weighted by Gasteiger charge is 2.24. The molecule has 0 radical (unpaired) electrons. The molecule has 2 aromatic rings. The van der Waals surface area contributed by atoms with Crippen LogP contribution in [0, 0.1) is 0 Å². The number of nitrogens with zero attached hydrogens (tertiary/aromatic N) is 2. The molecule has 4 nitrogen and oxygen atoms in total. The van der Waals surface area contributed by atoms with E-state index < -0.39 is 12.0 Å². The molecule has 0 spiro atoms. The third-order valence-electron chi connectivity index (χ3n) is 3.12. The molecule has 1 atom stereocenters. The van der Waals surface area contributed by atoms with E-state index in [9.17, 15) is 9.90 Å². The first-order chi connectivity index (χ1) is 8.56. The lowest BCUT2D eigenvalue weighted by molar-refractivity contribution is -0.140. The van der Waals surface area contributed by atoms with Crippen LogP contribution < -0.4 is 0 Å². The van der Waals surface area contributed by atoms with Crippen LogP contribution in [0.15, 0.2) is 24.3 Å². The number of imidazole rings is 1. The molecule has 0 unspecified atom stereocenters. The molecule has 1 aromatic heterocycles. The molecule has 0 aliphatic rings. The number of rotatable bonds is 4. The van der Waals surface area contributed by atoms with Crippen LogP contribution in [0.25, 0.3) is 11.0 Å². The molecule has 0 bridgehead atoms. The fourth-order valence-corrected chi connectivity index (χ4v) is 2.27. The van der Waals surface area contributed by atoms with Gasteiger partial charge in [0, 0.05) is 5.92 Å². The Kier molecular flexibility index (Phi) is 3.36. The first-order valence-corrected chi connectivity index (χ1v) is 6.26. The highest BCUT2D eigenvalue weighted by atomic mass is 16.4. The van der Waals surface area contributed by atoms with Crippen LogP contribution in [0.5, 0.6) is 0 Å². The molecule has 0 saturated heterocycles. The van der Waals surface area contributed by atoms with Gasteiger partial charge in [0.05, 0.1) is 11.0 Å². The zero-order valence-electron chi connectivity index (χ0n) is 10.9. The van der Waals surface area contributed by atoms with Gasteiger partial charge < -0.3 is 9.67 Å². The first-order valence-electron chi connectivity index (χ1n) is 6.26. The van der Waals surface area contributed by atoms with E-state index in [2.05, 4.69) is 4.98 Å². The number of aliphatic carboxylic acids is 1. The monoisotopic (exact) mass is 246 g/mol. The van der Waals surface area contributed by atoms with Crippen molar-refractivity contribution in [1.82, 2.24) is 9.55 Å². The summed E-state index contributed by atoms with van der Waals surface area (Å²) in [5, 5.41) is 9.36. The SMILES string of the molecule is CC[C@H](C(=O)O)n1c(C(C)C)nc2ccccc21. The Hall–Kier alpha value is -1.84. The second-order valence-corrected chi connectivity index (χ2v) is 4.75. The van der Waals surface area contributed by atoms with E-state index in [0.29, 0.717) is 6.42 Å². The minimum absolute atomic E-state index is 0.200. The Bertz CT molecular complexity index is 572. The number of carboxylic acids is 1. The minimum Gasteiger partial charge on any atom is -0.480 e. The maximum absolute atomic E-state index is 11.4. The van der Waals surface area contributed by atoms with Gasteiger partial charge in [0.1, 0.15) is 11.9 Å². The largest absolute Gasteiger partial charge is 0.480 e. The van der Waals surface area contributed by atoms with Crippen LogP contribution in [0.3, 0.4) is 0 Å². The van der Waals surface area contributed by atoms with Crippen molar-refractivity contribution in [3.8, 4) is 0 Å². The number of para-hydroxylation sites is 2. The highest BCUT2D eigenvalue weighted by Crippen LogP contribution is 2.27. The van der Waals surface area contributed by atoms with Crippen molar-refractivity contribution in [1.29, 1.82) is 0 Å². The summed E-state index contributed by atoms with van der Waals surface area (Å²) in [6, 6.07) is 7.14. The first kappa shape index (κ1) is 12.6. The van der Waals surface area contributed by atoms with Crippen LogP contribution in [-0.2, 0) is 4.79 Å². The number of carboxylic acid groups (broad SMARTS) is 1. The van der Waals surface area contributed by atoms with E-state index in [4.69, 9.17) is 0 Å². The van der Waals surface area contributed by atoms with Crippen LogP contribution in [0.2, 0.25) is 0 Å². The highest BCUT2D eigenvalue weighted by molar-refractivity contribution is 5.80. The van der Waals surface area contributed by atoms with E-state index in [0.717, 1.165) is 16.9 Å². The second kappa shape index (κ2) is 4.80. The fourth-order valence-electron chi connectivity index (χ4n) is 2.27. The molecule has 1 heterocycles. The van der Waals surface area contributed by atoms with E-state index in [-0.39, 0.29) is 5.92 Å². The van der Waals surface area contributed by atoms with Gasteiger partial charge in [0.25, 0.3) is 0 Å². The Morgan fingerprint density at radius 3 is 2.61 bits per heavy atom. The van der Waals surface area contributed by atoms with E-state index in [1.165, 1.54) is 0 Å². The summed E-state index contributed by atoms with van der Waals surface area (Å²) in [7, 11) is 0. The summed E-state index contributed by atoms with van der Waals surface area (Å²) < 4.78 is 1.86. The molecule has 0 saturated carbocycles. The zero-order valence-corrected chi connectivity index (χ0v) is 10.9. The van der Waals surface area contributed by atoms with Gasteiger partial charge in [0.15, 0.2) is 0 Å². The molecule has 0 fully saturated rings. The summed E-state index contributed by atoms with van der Waals surface area (Å²) in [5.41, 5.74) is 1.76. The summed E-state index contributed by atoms with van der Waals surface area (Å²) in [5.74, 6) is 0.235. The Balaban J connectivity index is 2.72. The normalized spacial score (nSPS) is 13.1. The Morgan fingerprint density at radius 2 is 2.06 bits per heavy atom. The Labute approximate surface area is 106 Å². The van der Waals surface area contributed by atoms with Crippen molar-refractivity contribution in [2.24, 2.45) is 0 Å². The van der Waals surface area contributed by atoms with Gasteiger partial charge in [-0.15, -0.1) is 0 Å². The van der Waals surface area contributed by atoms with Gasteiger partial charge in [-0.2, -0.15) is 0 Å². The molecular weight excluding hydrogens is 228 g/mol. The maximum Gasteiger partial charge on any atom is 0.326 e. The molecule has 1 aromatic carbocycles. The fraction of sp³-hybridized carbons (Fsp3) is 0.429. The lowest BCUT2D eigenvalue weighted by Crippen LogP contribution is -2.20. The summed E-state index contributed by atoms with van der Waals surface area (Å²) >= 11 is 0. The van der Waals surface area contributed by atoms with Gasteiger partial charge in [-0.05, 0) is 18.6 Å². The predicted octanol–water partition coefficient (Wildman–Crippen LogP) is 3.20. The smallest absolute Gasteiger partial charge is 0.326 e. The topological polar surface area (TPSA) is 55.1 Å². The molecule has 0 amide bonds. The van der Waals surface area contributed by atoms with E-state index in [1.54, 1.807) is 0 Å². The van der Waals surface area contributed by atoms with Crippen LogP contribution in [0.4, 0.5) is 0 Å². The number of carbonyl (C=O) groups is 1. The average molecular weight is 246 g/mol. The van der Waals surface area contributed by atoms with Crippen molar-refractivity contribution in [2.75, 3.05) is 0 Å². The summed E-state index contributed by atoms with van der Waals surface area (Å²) in [6.45, 7) is 5.95. The number of aromatic nitrogens is 2. The number of hydrogen-bond donors (Lipinski definition) is 1. The Morgan fingerprint density at radius 1 is 1.39 bits per heavy atom. The number of fused-ring (bicyclic) bond motifs is 1. The number of benzene rings is 1. The standard InChI is InChI=1S/C14H18N2O2/c1-4-11(14(17)18)16-12-8-6-5-7-10(12)15-13(16)9(2)3/h5-9,11H,4H2,1-3H3,(H,17,18)/t11-/m1/s1. The third-order valence-corrected chi connectivity index (χ3v) is 3.12.